The number of hydrogen-bond donors (Lipinski definition) is 3. The second-order valence-electron chi connectivity index (χ2n) is 13.1. The summed E-state index contributed by atoms with van der Waals surface area (Å²) in [6.45, 7) is 3.82. The van der Waals surface area contributed by atoms with Gasteiger partial charge in [0.1, 0.15) is 0 Å². The molecule has 2 aliphatic carbocycles. The number of hydrogen-bond acceptors (Lipinski definition) is 9. The van der Waals surface area contributed by atoms with E-state index in [0.29, 0.717) is 56.3 Å². The van der Waals surface area contributed by atoms with Crippen molar-refractivity contribution in [2.75, 3.05) is 39.4 Å². The van der Waals surface area contributed by atoms with E-state index in [0.717, 1.165) is 43.8 Å². The van der Waals surface area contributed by atoms with Gasteiger partial charge in [-0.3, -0.25) is 9.69 Å². The van der Waals surface area contributed by atoms with Crippen LogP contribution >= 0.6 is 34.5 Å². The predicted octanol–water partition coefficient (Wildman–Crippen LogP) is 4.91. The molecular weight excluding hydrogens is 679 g/mol. The van der Waals surface area contributed by atoms with Crippen molar-refractivity contribution in [3.63, 3.8) is 0 Å². The minimum atomic E-state index is -1.35. The van der Waals surface area contributed by atoms with E-state index in [-0.39, 0.29) is 51.2 Å². The summed E-state index contributed by atoms with van der Waals surface area (Å²) in [5.74, 6) is -3.78. The van der Waals surface area contributed by atoms with E-state index in [9.17, 15) is 24.6 Å². The third kappa shape index (κ3) is 6.16. The highest BCUT2D eigenvalue weighted by Gasteiger charge is 2.59. The third-order valence-corrected chi connectivity index (χ3v) is 12.2. The quantitative estimate of drug-likeness (QED) is 0.328. The number of thiazole rings is 1. The minimum Gasteiger partial charge on any atom is -0.478 e. The van der Waals surface area contributed by atoms with E-state index in [1.165, 1.54) is 11.3 Å². The van der Waals surface area contributed by atoms with Crippen LogP contribution < -0.4 is 5.32 Å². The number of aryl methyl sites for hydroxylation is 1. The molecule has 3 unspecified atom stereocenters. The van der Waals surface area contributed by atoms with Gasteiger partial charge in [0, 0.05) is 89.1 Å². The lowest BCUT2D eigenvalue weighted by atomic mass is 9.78. The molecule has 0 radical (unpaired) electrons. The first kappa shape index (κ1) is 33.5. The van der Waals surface area contributed by atoms with Crippen LogP contribution in [0.3, 0.4) is 0 Å². The number of piperazine rings is 1. The van der Waals surface area contributed by atoms with Crippen molar-refractivity contribution >= 4 is 52.4 Å². The summed E-state index contributed by atoms with van der Waals surface area (Å²) in [7, 11) is 0. The van der Waals surface area contributed by atoms with E-state index < -0.39 is 23.6 Å². The van der Waals surface area contributed by atoms with Gasteiger partial charge in [0.05, 0.1) is 41.7 Å². The Bertz CT molecular complexity index is 1610. The van der Waals surface area contributed by atoms with E-state index in [1.807, 2.05) is 5.38 Å². The van der Waals surface area contributed by atoms with E-state index >= 15 is 0 Å². The number of allylic oxidation sites excluding steroid dienone is 1. The number of halogens is 2. The van der Waals surface area contributed by atoms with Crippen LogP contribution in [0.15, 0.2) is 52.3 Å². The van der Waals surface area contributed by atoms with E-state index in [2.05, 4.69) is 15.2 Å². The number of aliphatic carboxylic acids is 2. The van der Waals surface area contributed by atoms with Crippen molar-refractivity contribution in [1.29, 1.82) is 0 Å². The second-order valence-corrected chi connectivity index (χ2v) is 14.9. The van der Waals surface area contributed by atoms with Gasteiger partial charge in [-0.15, -0.1) is 11.3 Å². The molecule has 4 fully saturated rings. The fraction of sp³-hybridized carbons (Fsp3) is 0.529. The highest BCUT2D eigenvalue weighted by molar-refractivity contribution is 7.09. The molecule has 3 aliphatic heterocycles. The summed E-state index contributed by atoms with van der Waals surface area (Å²) in [4.78, 5) is 48.2. The van der Waals surface area contributed by atoms with Crippen LogP contribution in [0.25, 0.3) is 0 Å². The average molecular weight is 718 g/mol. The molecule has 2 aromatic rings. The van der Waals surface area contributed by atoms with Crippen molar-refractivity contribution in [1.82, 2.24) is 20.1 Å². The van der Waals surface area contributed by atoms with Gasteiger partial charge < -0.3 is 29.9 Å². The summed E-state index contributed by atoms with van der Waals surface area (Å²) < 4.78 is 12.3. The molecule has 3 N–H and O–H groups in total. The number of nitrogens with one attached hydrogen (secondary N) is 1. The Morgan fingerprint density at radius 2 is 1.56 bits per heavy atom. The topological polar surface area (TPSA) is 142 Å². The zero-order valence-electron chi connectivity index (χ0n) is 26.3. The molecule has 3 atom stereocenters. The summed E-state index contributed by atoms with van der Waals surface area (Å²) in [6.07, 6.45) is 6.39. The maximum atomic E-state index is 13.9. The van der Waals surface area contributed by atoms with Gasteiger partial charge in [0.25, 0.3) is 0 Å². The van der Waals surface area contributed by atoms with Crippen molar-refractivity contribution in [2.24, 2.45) is 11.8 Å². The second kappa shape index (κ2) is 13.7. The first-order valence-corrected chi connectivity index (χ1v) is 18.1. The number of ether oxygens (including phenoxy) is 2. The molecule has 7 rings (SSSR count). The Kier molecular flexibility index (Phi) is 9.58. The minimum absolute atomic E-state index is 0.140. The molecule has 1 aromatic carbocycles. The maximum Gasteiger partial charge on any atom is 0.334 e. The first-order chi connectivity index (χ1) is 23.2. The molecule has 5 aliphatic rings. The molecule has 1 amide bonds. The summed E-state index contributed by atoms with van der Waals surface area (Å²) >= 11 is 14.6. The van der Waals surface area contributed by atoms with Crippen LogP contribution in [-0.4, -0.2) is 94.1 Å². The lowest BCUT2D eigenvalue weighted by Gasteiger charge is -2.47. The summed E-state index contributed by atoms with van der Waals surface area (Å²) in [5, 5.41) is 27.0. The Labute approximate surface area is 292 Å². The molecule has 4 heterocycles. The number of carbonyl (C=O) groups excluding carboxylic acids is 1. The molecule has 2 saturated carbocycles. The number of amides is 1. The van der Waals surface area contributed by atoms with Gasteiger partial charge in [0.2, 0.25) is 5.91 Å². The van der Waals surface area contributed by atoms with Crippen LogP contribution in [0.4, 0.5) is 0 Å². The number of benzene rings is 1. The van der Waals surface area contributed by atoms with Crippen LogP contribution in [0.5, 0.6) is 0 Å². The molecular formula is C34H38Cl2N4O7S. The predicted molar refractivity (Wildman–Crippen MR) is 179 cm³/mol. The number of dihydropyridines is 1. The van der Waals surface area contributed by atoms with Crippen molar-refractivity contribution < 1.29 is 34.1 Å². The fourth-order valence-electron chi connectivity index (χ4n) is 8.60. The SMILES string of the molecule is O=C(O)C1=C(CCc2nccs2)NC(CC(=O)N2CCN(C3CC4CCC(C3)C43OCCO3)CC2)=C(C(=O)O)C1c1c(Cl)cccc1Cl. The van der Waals surface area contributed by atoms with Gasteiger partial charge >= 0.3 is 11.9 Å². The lowest BCUT2D eigenvalue weighted by Crippen LogP contribution is -2.56. The van der Waals surface area contributed by atoms with Crippen LogP contribution in [0, 0.1) is 11.8 Å². The Morgan fingerprint density at radius 1 is 0.938 bits per heavy atom. The van der Waals surface area contributed by atoms with Crippen molar-refractivity contribution in [2.45, 2.75) is 62.7 Å². The van der Waals surface area contributed by atoms with E-state index in [4.69, 9.17) is 32.7 Å². The molecule has 11 nitrogen and oxygen atoms in total. The number of carboxylic acid groups (broad SMARTS) is 2. The van der Waals surface area contributed by atoms with Crippen molar-refractivity contribution in [3.05, 3.63) is 72.9 Å². The molecule has 2 saturated heterocycles. The molecule has 1 spiro atoms. The molecule has 48 heavy (non-hydrogen) atoms. The van der Waals surface area contributed by atoms with Crippen LogP contribution in [0.2, 0.25) is 10.0 Å². The molecule has 14 heteroatoms. The fourth-order valence-corrected chi connectivity index (χ4v) is 9.84. The normalized spacial score (nSPS) is 27.1. The van der Waals surface area contributed by atoms with Gasteiger partial charge in [-0.05, 0) is 44.2 Å². The third-order valence-electron chi connectivity index (χ3n) is 10.7. The first-order valence-electron chi connectivity index (χ1n) is 16.5. The smallest absolute Gasteiger partial charge is 0.334 e. The highest BCUT2D eigenvalue weighted by atomic mass is 35.5. The van der Waals surface area contributed by atoms with E-state index in [1.54, 1.807) is 29.3 Å². The number of carbonyl (C=O) groups is 3. The monoisotopic (exact) mass is 716 g/mol. The summed E-state index contributed by atoms with van der Waals surface area (Å²) in [5.41, 5.74) is 0.201. The number of nitrogens with zero attached hydrogens (tertiary/aromatic N) is 3. The standard InChI is InChI=1S/C34H38Cl2N4O7S/c35-22-2-1-3-23(36)28(22)31-29(32(42)43)24(6-7-26-37-8-15-48-26)38-25(30(31)33(44)45)18-27(41)40-11-9-39(10-12-40)21-16-19-4-5-20(17-21)34(19)46-13-14-47-34/h1-3,8,15,19-21,31,38H,4-7,9-14,16-18H2,(H,42,43)(H,44,45). The van der Waals surface area contributed by atoms with Gasteiger partial charge in [0.15, 0.2) is 5.79 Å². The largest absolute Gasteiger partial charge is 0.478 e. The van der Waals surface area contributed by atoms with Gasteiger partial charge in [-0.1, -0.05) is 29.3 Å². The Morgan fingerprint density at radius 3 is 2.15 bits per heavy atom. The Balaban J connectivity index is 1.11. The van der Waals surface area contributed by atoms with Crippen LogP contribution in [-0.2, 0) is 30.3 Å². The number of rotatable bonds is 9. The Hall–Kier alpha value is -3.00. The van der Waals surface area contributed by atoms with Gasteiger partial charge in [-0.25, -0.2) is 14.6 Å². The number of aromatic nitrogens is 1. The molecule has 256 valence electrons. The zero-order valence-corrected chi connectivity index (χ0v) is 28.7. The molecule has 1 aromatic heterocycles. The average Bonchev–Trinajstić information content (AvgIpc) is 3.80. The maximum absolute atomic E-state index is 13.9. The molecule has 2 bridgehead atoms. The van der Waals surface area contributed by atoms with Crippen LogP contribution in [0.1, 0.15) is 55.0 Å². The summed E-state index contributed by atoms with van der Waals surface area (Å²) in [6, 6.07) is 5.13. The lowest BCUT2D eigenvalue weighted by molar-refractivity contribution is -0.230. The van der Waals surface area contributed by atoms with Gasteiger partial charge in [-0.2, -0.15) is 0 Å². The van der Waals surface area contributed by atoms with Crippen molar-refractivity contribution in [3.8, 4) is 0 Å². The number of carboxylic acids is 2. The zero-order chi connectivity index (χ0) is 33.6. The highest BCUT2D eigenvalue weighted by Crippen LogP contribution is 2.55.